The fourth-order valence-electron chi connectivity index (χ4n) is 4.37. The van der Waals surface area contributed by atoms with Crippen molar-refractivity contribution in [3.05, 3.63) is 77.1 Å². The number of methoxy groups -OCH3 is 3. The Bertz CT molecular complexity index is 1400. The van der Waals surface area contributed by atoms with Crippen LogP contribution in [0.5, 0.6) is 17.2 Å². The van der Waals surface area contributed by atoms with Crippen molar-refractivity contribution in [2.45, 2.75) is 25.6 Å². The Morgan fingerprint density at radius 1 is 1.08 bits per heavy atom. The van der Waals surface area contributed by atoms with Gasteiger partial charge in [-0.2, -0.15) is 4.98 Å². The quantitative estimate of drug-likeness (QED) is 0.344. The molecule has 5 rings (SSSR count). The van der Waals surface area contributed by atoms with Crippen LogP contribution in [0.3, 0.4) is 0 Å². The number of aromatic nitrogens is 1. The van der Waals surface area contributed by atoms with Gasteiger partial charge in [-0.05, 0) is 41.5 Å². The van der Waals surface area contributed by atoms with Gasteiger partial charge in [0.05, 0.1) is 21.3 Å². The SMILES string of the molecule is COC(=O)C1Cc2c(ccc(OC)c2OCc2ccc(OC)cc2)CN1c1nc2ccc(F)cc2o1. The number of carbonyl (C=O) groups excluding carboxylic acids is 1. The maximum absolute atomic E-state index is 13.7. The van der Waals surface area contributed by atoms with Crippen molar-refractivity contribution in [3.8, 4) is 17.2 Å². The van der Waals surface area contributed by atoms with Gasteiger partial charge in [-0.25, -0.2) is 9.18 Å². The van der Waals surface area contributed by atoms with E-state index in [0.29, 0.717) is 35.8 Å². The summed E-state index contributed by atoms with van der Waals surface area (Å²) in [5.41, 5.74) is 3.53. The number of benzene rings is 3. The van der Waals surface area contributed by atoms with Crippen molar-refractivity contribution in [1.29, 1.82) is 0 Å². The molecule has 0 saturated carbocycles. The lowest BCUT2D eigenvalue weighted by Crippen LogP contribution is -2.46. The largest absolute Gasteiger partial charge is 0.497 e. The first kappa shape index (κ1) is 23.5. The molecule has 8 nitrogen and oxygen atoms in total. The van der Waals surface area contributed by atoms with E-state index in [1.54, 1.807) is 25.2 Å². The van der Waals surface area contributed by atoms with Gasteiger partial charge in [0.25, 0.3) is 6.01 Å². The fourth-order valence-corrected chi connectivity index (χ4v) is 4.37. The molecule has 1 unspecified atom stereocenters. The van der Waals surface area contributed by atoms with Gasteiger partial charge in [-0.3, -0.25) is 0 Å². The van der Waals surface area contributed by atoms with E-state index >= 15 is 0 Å². The van der Waals surface area contributed by atoms with Crippen LogP contribution in [0.25, 0.3) is 11.1 Å². The Hall–Kier alpha value is -4.27. The van der Waals surface area contributed by atoms with Crippen molar-refractivity contribution < 1.29 is 32.5 Å². The normalized spacial score (nSPS) is 14.9. The summed E-state index contributed by atoms with van der Waals surface area (Å²) in [6.45, 7) is 0.618. The molecule has 0 amide bonds. The Kier molecular flexibility index (Phi) is 6.37. The number of anilines is 1. The van der Waals surface area contributed by atoms with Crippen LogP contribution in [0.4, 0.5) is 10.4 Å². The molecule has 1 aromatic heterocycles. The highest BCUT2D eigenvalue weighted by molar-refractivity contribution is 5.82. The molecule has 3 aromatic carbocycles. The van der Waals surface area contributed by atoms with Crippen LogP contribution in [-0.2, 0) is 29.1 Å². The average Bonchev–Trinajstić information content (AvgIpc) is 3.33. The minimum Gasteiger partial charge on any atom is -0.497 e. The van der Waals surface area contributed by atoms with Gasteiger partial charge in [0, 0.05) is 24.6 Å². The molecule has 0 fully saturated rings. The van der Waals surface area contributed by atoms with Crippen molar-refractivity contribution in [3.63, 3.8) is 0 Å². The molecule has 9 heteroatoms. The lowest BCUT2D eigenvalue weighted by molar-refractivity contribution is -0.142. The Balaban J connectivity index is 1.50. The van der Waals surface area contributed by atoms with Crippen molar-refractivity contribution in [2.75, 3.05) is 26.2 Å². The summed E-state index contributed by atoms with van der Waals surface area (Å²) in [5, 5.41) is 0. The first-order valence-electron chi connectivity index (χ1n) is 11.4. The van der Waals surface area contributed by atoms with Crippen LogP contribution in [0.2, 0.25) is 0 Å². The van der Waals surface area contributed by atoms with Gasteiger partial charge in [-0.1, -0.05) is 18.2 Å². The third-order valence-corrected chi connectivity index (χ3v) is 6.26. The maximum atomic E-state index is 13.7. The molecule has 0 radical (unpaired) electrons. The zero-order chi connectivity index (χ0) is 25.2. The number of hydrogen-bond donors (Lipinski definition) is 0. The number of oxazole rings is 1. The van der Waals surface area contributed by atoms with Crippen LogP contribution < -0.4 is 19.1 Å². The first-order valence-corrected chi connectivity index (χ1v) is 11.4. The number of nitrogens with zero attached hydrogens (tertiary/aromatic N) is 2. The van der Waals surface area contributed by atoms with Crippen LogP contribution in [-0.4, -0.2) is 38.3 Å². The highest BCUT2D eigenvalue weighted by atomic mass is 19.1. The lowest BCUT2D eigenvalue weighted by Gasteiger charge is -2.35. The van der Waals surface area contributed by atoms with Gasteiger partial charge in [0.1, 0.15) is 29.7 Å². The summed E-state index contributed by atoms with van der Waals surface area (Å²) in [5.74, 6) is 1.02. The zero-order valence-electron chi connectivity index (χ0n) is 20.1. The molecule has 0 saturated heterocycles. The monoisotopic (exact) mass is 492 g/mol. The third-order valence-electron chi connectivity index (χ3n) is 6.26. The summed E-state index contributed by atoms with van der Waals surface area (Å²) in [7, 11) is 4.53. The molecule has 0 aliphatic carbocycles. The highest BCUT2D eigenvalue weighted by Gasteiger charge is 2.37. The molecule has 186 valence electrons. The number of ether oxygens (including phenoxy) is 4. The van der Waals surface area contributed by atoms with Crippen molar-refractivity contribution in [1.82, 2.24) is 4.98 Å². The molecule has 1 aliphatic rings. The smallest absolute Gasteiger partial charge is 0.329 e. The Labute approximate surface area is 207 Å². The van der Waals surface area contributed by atoms with E-state index in [4.69, 9.17) is 23.4 Å². The minimum absolute atomic E-state index is 0.216. The molecule has 36 heavy (non-hydrogen) atoms. The summed E-state index contributed by atoms with van der Waals surface area (Å²) in [4.78, 5) is 19.1. The molecule has 0 spiro atoms. The van der Waals surface area contributed by atoms with E-state index in [2.05, 4.69) is 4.98 Å². The summed E-state index contributed by atoms with van der Waals surface area (Å²) < 4.78 is 41.6. The van der Waals surface area contributed by atoms with E-state index in [1.165, 1.54) is 19.2 Å². The van der Waals surface area contributed by atoms with E-state index in [9.17, 15) is 9.18 Å². The maximum Gasteiger partial charge on any atom is 0.329 e. The van der Waals surface area contributed by atoms with Gasteiger partial charge >= 0.3 is 5.97 Å². The molecular formula is C27H25FN2O6. The second-order valence-electron chi connectivity index (χ2n) is 8.35. The summed E-state index contributed by atoms with van der Waals surface area (Å²) in [6.07, 6.45) is 0.282. The van der Waals surface area contributed by atoms with E-state index in [-0.39, 0.29) is 12.4 Å². The summed E-state index contributed by atoms with van der Waals surface area (Å²) >= 11 is 0. The van der Waals surface area contributed by atoms with Gasteiger partial charge in [0.15, 0.2) is 17.1 Å². The van der Waals surface area contributed by atoms with E-state index in [0.717, 1.165) is 22.4 Å². The molecule has 0 N–H and O–H groups in total. The molecular weight excluding hydrogens is 467 g/mol. The molecule has 2 heterocycles. The van der Waals surface area contributed by atoms with Crippen LogP contribution in [0.1, 0.15) is 16.7 Å². The fraction of sp³-hybridized carbons (Fsp3) is 0.259. The van der Waals surface area contributed by atoms with Crippen LogP contribution >= 0.6 is 0 Å². The minimum atomic E-state index is -0.726. The lowest BCUT2D eigenvalue weighted by atomic mass is 9.92. The first-order chi connectivity index (χ1) is 17.5. The van der Waals surface area contributed by atoms with Gasteiger partial charge < -0.3 is 28.3 Å². The predicted molar refractivity (Wildman–Crippen MR) is 130 cm³/mol. The van der Waals surface area contributed by atoms with Crippen LogP contribution in [0.15, 0.2) is 59.0 Å². The van der Waals surface area contributed by atoms with E-state index < -0.39 is 17.8 Å². The Morgan fingerprint density at radius 2 is 1.89 bits per heavy atom. The zero-order valence-corrected chi connectivity index (χ0v) is 20.1. The van der Waals surface area contributed by atoms with Crippen molar-refractivity contribution in [2.24, 2.45) is 0 Å². The average molecular weight is 493 g/mol. The third kappa shape index (κ3) is 4.39. The second-order valence-corrected chi connectivity index (χ2v) is 8.35. The van der Waals surface area contributed by atoms with Crippen LogP contribution in [0, 0.1) is 5.82 Å². The number of hydrogen-bond acceptors (Lipinski definition) is 8. The molecule has 0 bridgehead atoms. The summed E-state index contributed by atoms with van der Waals surface area (Å²) in [6, 6.07) is 15.0. The second kappa shape index (κ2) is 9.77. The number of esters is 1. The Morgan fingerprint density at radius 3 is 2.61 bits per heavy atom. The molecule has 4 aromatic rings. The standard InChI is InChI=1S/C27H25FN2O6/c1-32-19-8-4-16(5-9-19)15-35-25-20-13-22(26(31)34-3)30(14-17(20)6-11-23(25)33-2)27-29-21-10-7-18(28)12-24(21)36-27/h4-12,22H,13-15H2,1-3H3. The number of rotatable bonds is 7. The molecule has 1 aliphatic heterocycles. The number of halogens is 1. The topological polar surface area (TPSA) is 83.3 Å². The number of fused-ring (bicyclic) bond motifs is 2. The van der Waals surface area contributed by atoms with Gasteiger partial charge in [-0.15, -0.1) is 0 Å². The highest BCUT2D eigenvalue weighted by Crippen LogP contribution is 2.40. The molecule has 1 atom stereocenters. The van der Waals surface area contributed by atoms with E-state index in [1.807, 2.05) is 36.4 Å². The predicted octanol–water partition coefficient (Wildman–Crippen LogP) is 4.67. The van der Waals surface area contributed by atoms with Gasteiger partial charge in [0.2, 0.25) is 0 Å². The number of carbonyl (C=O) groups is 1. The van der Waals surface area contributed by atoms with Crippen molar-refractivity contribution >= 4 is 23.1 Å².